The number of rotatable bonds is 14. The molecule has 2 aliphatic heterocycles. The van der Waals surface area contributed by atoms with Crippen LogP contribution in [0.5, 0.6) is 0 Å². The van der Waals surface area contributed by atoms with Gasteiger partial charge in [-0.05, 0) is 67.4 Å². The predicted octanol–water partition coefficient (Wildman–Crippen LogP) is 17.6. The van der Waals surface area contributed by atoms with Gasteiger partial charge in [0, 0.05) is 32.1 Å². The summed E-state index contributed by atoms with van der Waals surface area (Å²) in [4.78, 5) is 5.08. The molecule has 1 radical (unpaired) electrons. The Hall–Kier alpha value is -3.75. The summed E-state index contributed by atoms with van der Waals surface area (Å²) in [6.45, 7) is 39.8. The molecule has 76 heavy (non-hydrogen) atoms. The van der Waals surface area contributed by atoms with Crippen molar-refractivity contribution in [1.82, 2.24) is 0 Å². The topological polar surface area (TPSA) is 59.0 Å². The maximum atomic E-state index is 5.08. The Bertz CT molecular complexity index is 2350. The summed E-state index contributed by atoms with van der Waals surface area (Å²) in [5, 5.41) is 5.08. The van der Waals surface area contributed by atoms with Gasteiger partial charge in [0.15, 0.2) is 0 Å². The first-order valence-electron chi connectivity index (χ1n) is 28.1. The summed E-state index contributed by atoms with van der Waals surface area (Å²) >= 11 is 0. The molecule has 8 rings (SSSR count). The number of hydrogen-bond donors (Lipinski definition) is 0. The van der Waals surface area contributed by atoms with E-state index in [2.05, 4.69) is 272 Å². The van der Waals surface area contributed by atoms with Gasteiger partial charge in [0.1, 0.15) is 6.15 Å². The molecule has 0 atom stereocenters. The monoisotopic (exact) mass is 1190 g/mol. The van der Waals surface area contributed by atoms with Crippen LogP contribution in [0.25, 0.3) is 9.96 Å². The van der Waals surface area contributed by atoms with Crippen LogP contribution in [0.15, 0.2) is 174 Å². The van der Waals surface area contributed by atoms with E-state index in [9.17, 15) is 0 Å². The number of nitrogens with zero attached hydrogens (tertiary/aromatic N) is 3. The number of allylic oxidation sites excluding steroid dienone is 2. The van der Waals surface area contributed by atoms with Crippen LogP contribution in [-0.2, 0) is 9.47 Å². The Balaban J connectivity index is 0.000000296. The summed E-state index contributed by atoms with van der Waals surface area (Å²) in [5.74, 6) is 1.75. The second-order valence-corrected chi connectivity index (χ2v) is 33.0. The maximum absolute atomic E-state index is 5.08. The number of benzene rings is 6. The zero-order chi connectivity index (χ0) is 55.0. The molecule has 0 amide bonds. The van der Waals surface area contributed by atoms with Crippen molar-refractivity contribution in [3.8, 4) is 0 Å². The van der Waals surface area contributed by atoms with Crippen LogP contribution >= 0.6 is 0 Å². The minimum atomic E-state index is -1.22. The SMILES string of the molecule is C1CCOC1.C1CCOC1.CC(/C=C(/C)[N-]c1c(C(C)C)cccc1C(C)C)=Nc1c(C(C)C)cccc1C(C)C.C[Si](C)(C)[N-][Si](C)(C)C.[Sm+3].c1ccc([B-](c2ccccc2)(c2ccccc2)c2ccccc2)cc1. The van der Waals surface area contributed by atoms with Crippen LogP contribution in [0.1, 0.15) is 141 Å². The molecular formula is C67H95BN3O2Si2Sm. The molecule has 0 aliphatic carbocycles. The Labute approximate surface area is 498 Å². The minimum Gasteiger partial charge on any atom is -0.668 e. The molecule has 2 fully saturated rings. The molecule has 2 heterocycles. The van der Waals surface area contributed by atoms with Gasteiger partial charge in [0.25, 0.3) is 0 Å². The van der Waals surface area contributed by atoms with Crippen LogP contribution in [0, 0.1) is 40.4 Å². The second-order valence-electron chi connectivity index (χ2n) is 23.4. The van der Waals surface area contributed by atoms with Crippen molar-refractivity contribution >= 4 is 61.6 Å². The Morgan fingerprint density at radius 1 is 0.447 bits per heavy atom. The molecule has 6 aromatic carbocycles. The molecule has 0 bridgehead atoms. The Morgan fingerprint density at radius 3 is 0.974 bits per heavy atom. The molecule has 5 nitrogen and oxygen atoms in total. The third-order valence-corrected chi connectivity index (χ3v) is 18.6. The van der Waals surface area contributed by atoms with E-state index in [1.54, 1.807) is 0 Å². The fourth-order valence-corrected chi connectivity index (χ4v) is 18.2. The summed E-state index contributed by atoms with van der Waals surface area (Å²) in [6.07, 6.45) is 6.01. The van der Waals surface area contributed by atoms with Crippen molar-refractivity contribution < 1.29 is 49.9 Å². The first-order chi connectivity index (χ1) is 35.7. The maximum Gasteiger partial charge on any atom is 3.00 e. The van der Waals surface area contributed by atoms with E-state index in [4.69, 9.17) is 24.4 Å². The van der Waals surface area contributed by atoms with Gasteiger partial charge >= 0.3 is 40.4 Å². The number of ether oxygens (including phenoxy) is 2. The van der Waals surface area contributed by atoms with E-state index in [0.717, 1.165) is 49.2 Å². The molecular weight excluding hydrogens is 1100 g/mol. The van der Waals surface area contributed by atoms with Crippen molar-refractivity contribution in [2.45, 2.75) is 158 Å². The first-order valence-corrected chi connectivity index (χ1v) is 35.0. The third kappa shape index (κ3) is 21.8. The summed E-state index contributed by atoms with van der Waals surface area (Å²) in [6, 6.07) is 56.7. The fraction of sp³-hybridized carbons (Fsp3) is 0.418. The molecule has 0 unspecified atom stereocenters. The summed E-state index contributed by atoms with van der Waals surface area (Å²) in [7, 11) is -2.21. The Morgan fingerprint density at radius 2 is 0.737 bits per heavy atom. The molecule has 6 aromatic rings. The van der Waals surface area contributed by atoms with Crippen molar-refractivity contribution in [2.24, 2.45) is 4.99 Å². The van der Waals surface area contributed by atoms with E-state index >= 15 is 0 Å². The zero-order valence-electron chi connectivity index (χ0n) is 49.7. The van der Waals surface area contributed by atoms with Gasteiger partial charge in [-0.15, -0.1) is 5.69 Å². The number of aliphatic imine (C=N–C) groups is 1. The molecule has 0 N–H and O–H groups in total. The molecule has 2 aliphatic rings. The standard InChI is InChI=1S/C29H41N2.C24H20B.C6H18NSi2.2C4H8O.Sm/c1-18(2)24-13-11-14-25(19(3)4)28(24)30-22(9)17-23(10)31-29-26(20(5)6)15-12-16-27(29)21(7)8;1-5-13-21(14-6-1)25(22-15-7-2-8-16-22,23-17-9-3-10-18-23)24-19-11-4-12-20-24;1-8(2,3)7-9(4,5)6;2*1-2-4-5-3-1;/h11-21H,1-10H3;1-20H;1-6H3;2*1-4H2;/q3*-1;;;+3/b22-17-,31-23?;;;;;. The van der Waals surface area contributed by atoms with Gasteiger partial charge in [-0.1, -0.05) is 293 Å². The molecule has 9 heteroatoms. The molecule has 407 valence electrons. The van der Waals surface area contributed by atoms with Gasteiger partial charge in [-0.3, -0.25) is 4.99 Å². The summed E-state index contributed by atoms with van der Waals surface area (Å²) < 4.78 is 14.7. The summed E-state index contributed by atoms with van der Waals surface area (Å²) in [5.41, 5.74) is 14.8. The van der Waals surface area contributed by atoms with Gasteiger partial charge in [-0.2, -0.15) is 27.5 Å². The van der Waals surface area contributed by atoms with Crippen molar-refractivity contribution in [2.75, 3.05) is 26.4 Å². The largest absolute Gasteiger partial charge is 3.00 e. The van der Waals surface area contributed by atoms with Crippen LogP contribution < -0.4 is 21.9 Å². The molecule has 0 spiro atoms. The van der Waals surface area contributed by atoms with Crippen molar-refractivity contribution in [3.63, 3.8) is 0 Å². The molecule has 0 saturated carbocycles. The predicted molar refractivity (Wildman–Crippen MR) is 339 cm³/mol. The third-order valence-electron chi connectivity index (χ3n) is 13.2. The smallest absolute Gasteiger partial charge is 0.668 e. The van der Waals surface area contributed by atoms with Gasteiger partial charge in [0.2, 0.25) is 0 Å². The van der Waals surface area contributed by atoms with Crippen LogP contribution in [0.3, 0.4) is 0 Å². The van der Waals surface area contributed by atoms with E-state index in [1.165, 1.54) is 69.8 Å². The molecule has 0 aromatic heterocycles. The zero-order valence-corrected chi connectivity index (χ0v) is 54.3. The van der Waals surface area contributed by atoms with E-state index in [-0.39, 0.29) is 40.4 Å². The van der Waals surface area contributed by atoms with Crippen LogP contribution in [0.4, 0.5) is 11.4 Å². The minimum absolute atomic E-state index is 0. The van der Waals surface area contributed by atoms with Crippen molar-refractivity contribution in [1.29, 1.82) is 0 Å². The number of para-hydroxylation sites is 2. The van der Waals surface area contributed by atoms with Crippen LogP contribution in [0.2, 0.25) is 39.3 Å². The van der Waals surface area contributed by atoms with Crippen LogP contribution in [-0.4, -0.2) is 54.8 Å². The van der Waals surface area contributed by atoms with Gasteiger partial charge in [0.05, 0.1) is 5.69 Å². The van der Waals surface area contributed by atoms with E-state index < -0.39 is 22.6 Å². The Kier molecular flexibility index (Phi) is 29.4. The average molecular weight is 1190 g/mol. The quantitative estimate of drug-likeness (QED) is 0.0806. The normalized spacial score (nSPS) is 13.8. The van der Waals surface area contributed by atoms with Gasteiger partial charge < -0.3 is 19.4 Å². The fourth-order valence-electron chi connectivity index (χ4n) is 10.1. The van der Waals surface area contributed by atoms with Gasteiger partial charge in [-0.25, -0.2) is 0 Å². The van der Waals surface area contributed by atoms with E-state index in [1.807, 2.05) is 0 Å². The average Bonchev–Trinajstić information content (AvgIpc) is 4.17. The first kappa shape index (κ1) is 66.5. The molecule has 2 saturated heterocycles. The van der Waals surface area contributed by atoms with Crippen molar-refractivity contribution in [3.05, 3.63) is 202 Å². The number of hydrogen-bond acceptors (Lipinski definition) is 3. The van der Waals surface area contributed by atoms with E-state index in [0.29, 0.717) is 23.7 Å². The second kappa shape index (κ2) is 33.6.